The van der Waals surface area contributed by atoms with Crippen LogP contribution in [0.5, 0.6) is 5.88 Å². The Labute approximate surface area is 161 Å². The summed E-state index contributed by atoms with van der Waals surface area (Å²) in [6.45, 7) is 1.79. The van der Waals surface area contributed by atoms with Gasteiger partial charge in [0.25, 0.3) is 5.91 Å². The molecule has 6 nitrogen and oxygen atoms in total. The number of nitrogens with zero attached hydrogens (tertiary/aromatic N) is 1. The monoisotopic (exact) mass is 411 g/mol. The topological polar surface area (TPSA) is 97.3 Å². The molecule has 0 radical (unpaired) electrons. The quantitative estimate of drug-likeness (QED) is 0.587. The van der Waals surface area contributed by atoms with E-state index in [2.05, 4.69) is 5.32 Å². The van der Waals surface area contributed by atoms with Crippen LogP contribution in [-0.2, 0) is 12.6 Å². The molecule has 10 heteroatoms. The zero-order valence-corrected chi connectivity index (χ0v) is 15.4. The summed E-state index contributed by atoms with van der Waals surface area (Å²) in [4.78, 5) is 24.5. The Morgan fingerprint density at radius 2 is 2.04 bits per heavy atom. The second-order valence-corrected chi connectivity index (χ2v) is 6.90. The van der Waals surface area contributed by atoms with Crippen molar-refractivity contribution in [3.63, 3.8) is 0 Å². The van der Waals surface area contributed by atoms with Crippen molar-refractivity contribution in [1.29, 1.82) is 0 Å². The molecule has 2 aromatic heterocycles. The Morgan fingerprint density at radius 3 is 2.57 bits per heavy atom. The minimum atomic E-state index is -4.81. The van der Waals surface area contributed by atoms with Gasteiger partial charge in [0.15, 0.2) is 0 Å². The van der Waals surface area contributed by atoms with E-state index in [0.29, 0.717) is 28.7 Å². The van der Waals surface area contributed by atoms with Gasteiger partial charge in [-0.3, -0.25) is 4.79 Å². The van der Waals surface area contributed by atoms with E-state index >= 15 is 0 Å². The molecular weight excluding hydrogens is 395 g/mol. The summed E-state index contributed by atoms with van der Waals surface area (Å²) >= 11 is 1.27. The van der Waals surface area contributed by atoms with E-state index in [1.807, 2.05) is 0 Å². The molecule has 0 aliphatic carbocycles. The lowest BCUT2D eigenvalue weighted by Crippen LogP contribution is -2.19. The Bertz CT molecular complexity index is 1060. The molecule has 0 bridgehead atoms. The van der Waals surface area contributed by atoms with Gasteiger partial charge in [0, 0.05) is 10.8 Å². The van der Waals surface area contributed by atoms with Crippen LogP contribution in [0.4, 0.5) is 23.7 Å². The maximum absolute atomic E-state index is 13.8. The SMILES string of the molecule is CCCc1cc(C(F)(F)F)c2c(C(=O)Nc3ccsc3)c(O)n(C(N)=O)c2c1. The number of thiophene rings is 1. The lowest BCUT2D eigenvalue weighted by atomic mass is 9.99. The molecule has 0 saturated heterocycles. The third-order valence-electron chi connectivity index (χ3n) is 4.17. The van der Waals surface area contributed by atoms with Crippen LogP contribution in [0, 0.1) is 0 Å². The van der Waals surface area contributed by atoms with Gasteiger partial charge in [0.2, 0.25) is 5.88 Å². The number of carbonyl (C=O) groups is 2. The van der Waals surface area contributed by atoms with Crippen LogP contribution in [0.25, 0.3) is 10.9 Å². The van der Waals surface area contributed by atoms with Crippen LogP contribution in [0.15, 0.2) is 29.0 Å². The largest absolute Gasteiger partial charge is 0.494 e. The molecule has 2 heterocycles. The van der Waals surface area contributed by atoms with Crippen molar-refractivity contribution in [2.75, 3.05) is 5.32 Å². The number of carbonyl (C=O) groups excluding carboxylic acids is 2. The number of anilines is 1. The zero-order valence-electron chi connectivity index (χ0n) is 14.6. The number of benzene rings is 1. The number of nitrogens with two attached hydrogens (primary N) is 1. The molecule has 148 valence electrons. The van der Waals surface area contributed by atoms with Gasteiger partial charge in [-0.15, -0.1) is 0 Å². The summed E-state index contributed by atoms with van der Waals surface area (Å²) in [6, 6.07) is 2.62. The molecule has 0 spiro atoms. The molecule has 2 amide bonds. The van der Waals surface area contributed by atoms with Crippen molar-refractivity contribution in [3.8, 4) is 5.88 Å². The molecule has 0 aliphatic rings. The van der Waals surface area contributed by atoms with Gasteiger partial charge < -0.3 is 16.2 Å². The summed E-state index contributed by atoms with van der Waals surface area (Å²) < 4.78 is 41.8. The van der Waals surface area contributed by atoms with Gasteiger partial charge in [-0.1, -0.05) is 13.3 Å². The number of aromatic hydroxyl groups is 1. The van der Waals surface area contributed by atoms with Crippen molar-refractivity contribution < 1.29 is 27.9 Å². The minimum absolute atomic E-state index is 0.265. The van der Waals surface area contributed by atoms with E-state index in [9.17, 15) is 27.9 Å². The van der Waals surface area contributed by atoms with Crippen molar-refractivity contribution >= 4 is 39.9 Å². The van der Waals surface area contributed by atoms with E-state index < -0.39 is 40.5 Å². The second kappa shape index (κ2) is 7.19. The minimum Gasteiger partial charge on any atom is -0.494 e. The van der Waals surface area contributed by atoms with Gasteiger partial charge in [0.05, 0.1) is 16.8 Å². The number of primary amides is 1. The maximum Gasteiger partial charge on any atom is 0.417 e. The number of alkyl halides is 3. The van der Waals surface area contributed by atoms with Crippen molar-refractivity contribution in [2.24, 2.45) is 5.73 Å². The first-order chi connectivity index (χ1) is 13.1. The molecule has 3 aromatic rings. The Kier molecular flexibility index (Phi) is 5.07. The molecular formula is C18H16F3N3O3S. The van der Waals surface area contributed by atoms with E-state index in [0.717, 1.165) is 6.07 Å². The van der Waals surface area contributed by atoms with Gasteiger partial charge in [-0.25, -0.2) is 9.36 Å². The highest BCUT2D eigenvalue weighted by molar-refractivity contribution is 7.08. The predicted molar refractivity (Wildman–Crippen MR) is 99.9 cm³/mol. The lowest BCUT2D eigenvalue weighted by molar-refractivity contribution is -0.136. The first-order valence-corrected chi connectivity index (χ1v) is 9.20. The summed E-state index contributed by atoms with van der Waals surface area (Å²) in [5.74, 6) is -1.91. The van der Waals surface area contributed by atoms with Crippen LogP contribution in [0.3, 0.4) is 0 Å². The first-order valence-electron chi connectivity index (χ1n) is 8.26. The molecule has 0 aliphatic heterocycles. The van der Waals surface area contributed by atoms with Gasteiger partial charge >= 0.3 is 12.2 Å². The van der Waals surface area contributed by atoms with Crippen molar-refractivity contribution in [2.45, 2.75) is 25.9 Å². The van der Waals surface area contributed by atoms with Crippen LogP contribution in [0.1, 0.15) is 34.8 Å². The second-order valence-electron chi connectivity index (χ2n) is 6.12. The highest BCUT2D eigenvalue weighted by Gasteiger charge is 2.38. The highest BCUT2D eigenvalue weighted by Crippen LogP contribution is 2.42. The van der Waals surface area contributed by atoms with Gasteiger partial charge in [-0.2, -0.15) is 24.5 Å². The lowest BCUT2D eigenvalue weighted by Gasteiger charge is -2.12. The summed E-state index contributed by atoms with van der Waals surface area (Å²) in [5, 5.41) is 15.5. The number of hydrogen-bond acceptors (Lipinski definition) is 4. The standard InChI is InChI=1S/C18H16F3N3O3S/c1-2-3-9-6-11(18(19,20)21)13-12(7-9)24(17(22)27)16(26)14(13)15(25)23-10-4-5-28-8-10/h4-8,26H,2-3H2,1H3,(H2,22,27)(H,23,25). The summed E-state index contributed by atoms with van der Waals surface area (Å²) in [5.41, 5.74) is 3.90. The van der Waals surface area contributed by atoms with E-state index in [1.165, 1.54) is 17.4 Å². The van der Waals surface area contributed by atoms with Crippen LogP contribution >= 0.6 is 11.3 Å². The summed E-state index contributed by atoms with van der Waals surface area (Å²) in [7, 11) is 0. The molecule has 28 heavy (non-hydrogen) atoms. The number of fused-ring (bicyclic) bond motifs is 1. The maximum atomic E-state index is 13.8. The Morgan fingerprint density at radius 1 is 1.32 bits per heavy atom. The fourth-order valence-electron chi connectivity index (χ4n) is 3.09. The molecule has 0 fully saturated rings. The molecule has 0 atom stereocenters. The number of halogens is 3. The van der Waals surface area contributed by atoms with Crippen LogP contribution in [0.2, 0.25) is 0 Å². The summed E-state index contributed by atoms with van der Waals surface area (Å²) in [6.07, 6.45) is -3.92. The number of nitrogens with one attached hydrogen (secondary N) is 1. The molecule has 4 N–H and O–H groups in total. The van der Waals surface area contributed by atoms with Crippen molar-refractivity contribution in [3.05, 3.63) is 45.6 Å². The average Bonchev–Trinajstić information content (AvgIpc) is 3.18. The fourth-order valence-corrected chi connectivity index (χ4v) is 3.67. The van der Waals surface area contributed by atoms with Gasteiger partial charge in [0.1, 0.15) is 5.56 Å². The molecule has 0 unspecified atom stereocenters. The molecule has 1 aromatic carbocycles. The van der Waals surface area contributed by atoms with E-state index in [4.69, 9.17) is 5.73 Å². The highest BCUT2D eigenvalue weighted by atomic mass is 32.1. The zero-order chi connectivity index (χ0) is 20.6. The fraction of sp³-hybridized carbons (Fsp3) is 0.222. The third kappa shape index (κ3) is 3.42. The third-order valence-corrected chi connectivity index (χ3v) is 4.86. The van der Waals surface area contributed by atoms with E-state index in [-0.39, 0.29) is 5.52 Å². The number of aryl methyl sites for hydroxylation is 1. The molecule has 0 saturated carbocycles. The van der Waals surface area contributed by atoms with Gasteiger partial charge in [-0.05, 0) is 35.6 Å². The smallest absolute Gasteiger partial charge is 0.417 e. The average molecular weight is 411 g/mol. The van der Waals surface area contributed by atoms with E-state index in [1.54, 1.807) is 23.8 Å². The Hall–Kier alpha value is -3.01. The number of amides is 2. The number of hydrogen-bond donors (Lipinski definition) is 3. The van der Waals surface area contributed by atoms with Crippen molar-refractivity contribution in [1.82, 2.24) is 4.57 Å². The normalized spacial score (nSPS) is 11.7. The first kappa shape index (κ1) is 19.7. The Balaban J connectivity index is 2.35. The molecule has 3 rings (SSSR count). The number of aromatic nitrogens is 1. The predicted octanol–water partition coefficient (Wildman–Crippen LogP) is 4.56. The van der Waals surface area contributed by atoms with Crippen LogP contribution < -0.4 is 11.1 Å². The number of rotatable bonds is 4. The van der Waals surface area contributed by atoms with Crippen LogP contribution in [-0.4, -0.2) is 21.6 Å².